The molecular weight excluding hydrogens is 284 g/mol. The summed E-state index contributed by atoms with van der Waals surface area (Å²) in [6.07, 6.45) is 1.68. The van der Waals surface area contributed by atoms with E-state index in [9.17, 15) is 4.79 Å². The molecule has 1 aliphatic rings. The lowest BCUT2D eigenvalue weighted by atomic mass is 10.4. The predicted octanol–water partition coefficient (Wildman–Crippen LogP) is 0.254. The maximum Gasteiger partial charge on any atom is 0.421 e. The fraction of sp³-hybridized carbons (Fsp3) is 0.600. The molecule has 1 fully saturated rings. The number of aromatic nitrogens is 2. The van der Waals surface area contributed by atoms with E-state index in [2.05, 4.69) is 21.8 Å². The largest absolute Gasteiger partial charge is 0.421 e. The third-order valence-corrected chi connectivity index (χ3v) is 4.03. The molecule has 2 aromatic heterocycles. The molecule has 2 aromatic rings. The third-order valence-electron chi connectivity index (χ3n) is 4.03. The van der Waals surface area contributed by atoms with E-state index >= 15 is 0 Å². The fourth-order valence-electron chi connectivity index (χ4n) is 2.62. The Kier molecular flexibility index (Phi) is 4.87. The normalized spacial score (nSPS) is 16.6. The van der Waals surface area contributed by atoms with Crippen LogP contribution in [0.3, 0.4) is 0 Å². The SMILES string of the molecule is CN(CCN1CCOCC1)CCn1c(=O)oc2cccnc21. The summed E-state index contributed by atoms with van der Waals surface area (Å²) in [6.45, 7) is 7.03. The predicted molar refractivity (Wildman–Crippen MR) is 83.0 cm³/mol. The average molecular weight is 306 g/mol. The third kappa shape index (κ3) is 3.55. The Bertz CT molecular complexity index is 660. The summed E-state index contributed by atoms with van der Waals surface area (Å²) in [5.74, 6) is -0.338. The van der Waals surface area contributed by atoms with Crippen LogP contribution in [-0.2, 0) is 11.3 Å². The Balaban J connectivity index is 1.52. The van der Waals surface area contributed by atoms with Gasteiger partial charge in [-0.3, -0.25) is 9.47 Å². The second-order valence-electron chi connectivity index (χ2n) is 5.60. The van der Waals surface area contributed by atoms with Crippen LogP contribution in [0.25, 0.3) is 11.2 Å². The second-order valence-corrected chi connectivity index (χ2v) is 5.60. The summed E-state index contributed by atoms with van der Waals surface area (Å²) in [7, 11) is 2.07. The topological polar surface area (TPSA) is 63.7 Å². The van der Waals surface area contributed by atoms with Crippen molar-refractivity contribution < 1.29 is 9.15 Å². The Labute approximate surface area is 129 Å². The van der Waals surface area contributed by atoms with Gasteiger partial charge in [0.1, 0.15) is 0 Å². The first-order valence-electron chi connectivity index (χ1n) is 7.67. The van der Waals surface area contributed by atoms with E-state index in [0.717, 1.165) is 45.9 Å². The number of hydrogen-bond acceptors (Lipinski definition) is 6. The van der Waals surface area contributed by atoms with E-state index in [1.54, 1.807) is 22.9 Å². The zero-order valence-corrected chi connectivity index (χ0v) is 12.9. The molecule has 3 heterocycles. The molecule has 0 bridgehead atoms. The quantitative estimate of drug-likeness (QED) is 0.762. The molecule has 1 saturated heterocycles. The van der Waals surface area contributed by atoms with Crippen molar-refractivity contribution in [3.8, 4) is 0 Å². The van der Waals surface area contributed by atoms with E-state index < -0.39 is 0 Å². The zero-order valence-electron chi connectivity index (χ0n) is 12.9. The molecule has 1 aliphatic heterocycles. The Morgan fingerprint density at radius 1 is 1.27 bits per heavy atom. The monoisotopic (exact) mass is 306 g/mol. The summed E-state index contributed by atoms with van der Waals surface area (Å²) in [5.41, 5.74) is 1.16. The number of morpholine rings is 1. The summed E-state index contributed by atoms with van der Waals surface area (Å²) in [4.78, 5) is 20.7. The number of fused-ring (bicyclic) bond motifs is 1. The summed E-state index contributed by atoms with van der Waals surface area (Å²) in [5, 5.41) is 0. The molecule has 0 N–H and O–H groups in total. The van der Waals surface area contributed by atoms with Crippen molar-refractivity contribution in [3.05, 3.63) is 28.9 Å². The minimum absolute atomic E-state index is 0.338. The summed E-state index contributed by atoms with van der Waals surface area (Å²) >= 11 is 0. The van der Waals surface area contributed by atoms with Crippen molar-refractivity contribution in [2.45, 2.75) is 6.54 Å². The first kappa shape index (κ1) is 15.2. The van der Waals surface area contributed by atoms with Crippen LogP contribution in [0.4, 0.5) is 0 Å². The van der Waals surface area contributed by atoms with Gasteiger partial charge in [-0.05, 0) is 19.2 Å². The number of ether oxygens (including phenoxy) is 1. The van der Waals surface area contributed by atoms with Gasteiger partial charge in [-0.15, -0.1) is 0 Å². The first-order valence-corrected chi connectivity index (χ1v) is 7.67. The molecule has 0 atom stereocenters. The minimum Gasteiger partial charge on any atom is -0.406 e. The van der Waals surface area contributed by atoms with Gasteiger partial charge in [0.05, 0.1) is 13.2 Å². The van der Waals surface area contributed by atoms with Gasteiger partial charge >= 0.3 is 5.76 Å². The molecule has 7 heteroatoms. The molecule has 0 aliphatic carbocycles. The van der Waals surface area contributed by atoms with Crippen LogP contribution in [0.5, 0.6) is 0 Å². The van der Waals surface area contributed by atoms with Gasteiger partial charge in [-0.2, -0.15) is 0 Å². The second kappa shape index (κ2) is 7.04. The fourth-order valence-corrected chi connectivity index (χ4v) is 2.62. The van der Waals surface area contributed by atoms with E-state index in [-0.39, 0.29) is 5.76 Å². The van der Waals surface area contributed by atoms with Gasteiger partial charge in [-0.25, -0.2) is 9.78 Å². The highest BCUT2D eigenvalue weighted by atomic mass is 16.5. The lowest BCUT2D eigenvalue weighted by Crippen LogP contribution is -2.41. The molecule has 0 aromatic carbocycles. The molecule has 0 spiro atoms. The molecule has 22 heavy (non-hydrogen) atoms. The molecule has 0 amide bonds. The molecular formula is C15H22N4O3. The molecule has 0 saturated carbocycles. The van der Waals surface area contributed by atoms with Gasteiger partial charge in [0, 0.05) is 45.5 Å². The summed E-state index contributed by atoms with van der Waals surface area (Å²) in [6, 6.07) is 3.53. The lowest BCUT2D eigenvalue weighted by Gasteiger charge is -2.28. The van der Waals surface area contributed by atoms with Crippen LogP contribution in [0.15, 0.2) is 27.5 Å². The molecule has 3 rings (SSSR count). The van der Waals surface area contributed by atoms with E-state index in [4.69, 9.17) is 9.15 Å². The van der Waals surface area contributed by atoms with Crippen LogP contribution in [0.1, 0.15) is 0 Å². The van der Waals surface area contributed by atoms with Crippen molar-refractivity contribution in [2.75, 3.05) is 53.0 Å². The highest BCUT2D eigenvalue weighted by Crippen LogP contribution is 2.08. The Morgan fingerprint density at radius 2 is 2.05 bits per heavy atom. The van der Waals surface area contributed by atoms with E-state index in [0.29, 0.717) is 17.8 Å². The molecule has 0 unspecified atom stereocenters. The Morgan fingerprint density at radius 3 is 2.86 bits per heavy atom. The number of likely N-dealkylation sites (N-methyl/N-ethyl adjacent to an activating group) is 1. The van der Waals surface area contributed by atoms with Crippen molar-refractivity contribution >= 4 is 11.2 Å². The van der Waals surface area contributed by atoms with Crippen molar-refractivity contribution in [1.82, 2.24) is 19.4 Å². The van der Waals surface area contributed by atoms with Gasteiger partial charge in [0.2, 0.25) is 0 Å². The number of pyridine rings is 1. The molecule has 7 nitrogen and oxygen atoms in total. The van der Waals surface area contributed by atoms with Crippen molar-refractivity contribution in [2.24, 2.45) is 0 Å². The minimum atomic E-state index is -0.338. The van der Waals surface area contributed by atoms with Gasteiger partial charge < -0.3 is 14.1 Å². The first-order chi connectivity index (χ1) is 10.7. The number of rotatable bonds is 6. The number of oxazole rings is 1. The maximum atomic E-state index is 11.9. The van der Waals surface area contributed by atoms with E-state index in [1.807, 2.05) is 0 Å². The van der Waals surface area contributed by atoms with Crippen LogP contribution in [0.2, 0.25) is 0 Å². The number of hydrogen-bond donors (Lipinski definition) is 0. The van der Waals surface area contributed by atoms with E-state index in [1.165, 1.54) is 0 Å². The maximum absolute atomic E-state index is 11.9. The average Bonchev–Trinajstić information content (AvgIpc) is 2.87. The lowest BCUT2D eigenvalue weighted by molar-refractivity contribution is 0.0344. The molecule has 120 valence electrons. The van der Waals surface area contributed by atoms with Crippen LogP contribution < -0.4 is 5.76 Å². The molecule has 0 radical (unpaired) electrons. The highest BCUT2D eigenvalue weighted by Gasteiger charge is 2.12. The Hall–Kier alpha value is -1.70. The standard InChI is InChI=1S/C15H22N4O3/c1-17(5-7-18-9-11-21-12-10-18)6-8-19-14-13(22-15(19)20)3-2-4-16-14/h2-4H,5-12H2,1H3. The van der Waals surface area contributed by atoms with Crippen LogP contribution in [0, 0.1) is 0 Å². The summed E-state index contributed by atoms with van der Waals surface area (Å²) < 4.78 is 12.1. The van der Waals surface area contributed by atoms with Gasteiger partial charge in [0.25, 0.3) is 0 Å². The van der Waals surface area contributed by atoms with Crippen LogP contribution >= 0.6 is 0 Å². The van der Waals surface area contributed by atoms with Crippen molar-refractivity contribution in [1.29, 1.82) is 0 Å². The van der Waals surface area contributed by atoms with Gasteiger partial charge in [-0.1, -0.05) is 0 Å². The van der Waals surface area contributed by atoms with Crippen LogP contribution in [-0.4, -0.2) is 72.3 Å². The van der Waals surface area contributed by atoms with Crippen molar-refractivity contribution in [3.63, 3.8) is 0 Å². The zero-order chi connectivity index (χ0) is 15.4. The number of nitrogens with zero attached hydrogens (tertiary/aromatic N) is 4. The van der Waals surface area contributed by atoms with Gasteiger partial charge in [0.15, 0.2) is 11.2 Å². The smallest absolute Gasteiger partial charge is 0.406 e. The highest BCUT2D eigenvalue weighted by molar-refractivity contribution is 5.67.